The number of nitrogens with one attached hydrogen (secondary N) is 1. The largest absolute Gasteiger partial charge is 0.310 e. The van der Waals surface area contributed by atoms with Crippen molar-refractivity contribution in [1.29, 1.82) is 0 Å². The van der Waals surface area contributed by atoms with E-state index in [1.807, 2.05) is 32.0 Å². The molecule has 1 heterocycles. The number of rotatable bonds is 5. The van der Waals surface area contributed by atoms with E-state index < -0.39 is 11.6 Å². The maximum atomic E-state index is 14.0. The van der Waals surface area contributed by atoms with E-state index in [1.165, 1.54) is 12.1 Å². The number of hydrogen-bond acceptors (Lipinski definition) is 2. The molecule has 0 aliphatic rings. The molecule has 0 spiro atoms. The van der Waals surface area contributed by atoms with Gasteiger partial charge in [0.1, 0.15) is 11.6 Å². The third-order valence-electron chi connectivity index (χ3n) is 3.38. The van der Waals surface area contributed by atoms with Gasteiger partial charge in [0, 0.05) is 35.5 Å². The summed E-state index contributed by atoms with van der Waals surface area (Å²) in [6.07, 6.45) is 1.72. The predicted molar refractivity (Wildman–Crippen MR) is 75.4 cm³/mol. The Kier molecular flexibility index (Phi) is 4.79. The first-order chi connectivity index (χ1) is 9.63. The molecule has 0 radical (unpaired) electrons. The fraction of sp³-hybridized carbons (Fsp3) is 0.312. The summed E-state index contributed by atoms with van der Waals surface area (Å²) in [7, 11) is 0. The molecule has 2 unspecified atom stereocenters. The van der Waals surface area contributed by atoms with Gasteiger partial charge >= 0.3 is 0 Å². The first kappa shape index (κ1) is 14.6. The van der Waals surface area contributed by atoms with Crippen molar-refractivity contribution in [1.82, 2.24) is 10.3 Å². The molecule has 0 aliphatic carbocycles. The van der Waals surface area contributed by atoms with Crippen molar-refractivity contribution >= 4 is 0 Å². The van der Waals surface area contributed by atoms with Crippen molar-refractivity contribution < 1.29 is 8.78 Å². The number of likely N-dealkylation sites (N-methyl/N-ethyl adjacent to an activating group) is 1. The lowest BCUT2D eigenvalue weighted by molar-refractivity contribution is 0.447. The highest BCUT2D eigenvalue weighted by Crippen LogP contribution is 2.31. The third-order valence-corrected chi connectivity index (χ3v) is 3.38. The van der Waals surface area contributed by atoms with E-state index in [0.717, 1.165) is 11.8 Å². The normalized spacial score (nSPS) is 14.0. The van der Waals surface area contributed by atoms with Gasteiger partial charge in [-0.3, -0.25) is 4.98 Å². The van der Waals surface area contributed by atoms with Crippen LogP contribution in [0.1, 0.15) is 37.1 Å². The molecule has 106 valence electrons. The monoisotopic (exact) mass is 276 g/mol. The SMILES string of the molecule is CCNC(c1ccc(F)cc1F)C(C)c1ccccn1. The highest BCUT2D eigenvalue weighted by atomic mass is 19.1. The van der Waals surface area contributed by atoms with Crippen molar-refractivity contribution in [3.63, 3.8) is 0 Å². The molecule has 2 atom stereocenters. The molecule has 20 heavy (non-hydrogen) atoms. The van der Waals surface area contributed by atoms with Gasteiger partial charge in [0.15, 0.2) is 0 Å². The van der Waals surface area contributed by atoms with E-state index in [4.69, 9.17) is 0 Å². The van der Waals surface area contributed by atoms with Gasteiger partial charge in [-0.15, -0.1) is 0 Å². The Hall–Kier alpha value is -1.81. The molecule has 0 saturated carbocycles. The van der Waals surface area contributed by atoms with Gasteiger partial charge in [0.2, 0.25) is 0 Å². The maximum Gasteiger partial charge on any atom is 0.130 e. The van der Waals surface area contributed by atoms with E-state index in [2.05, 4.69) is 10.3 Å². The van der Waals surface area contributed by atoms with Gasteiger partial charge in [-0.2, -0.15) is 0 Å². The molecule has 2 nitrogen and oxygen atoms in total. The van der Waals surface area contributed by atoms with Crippen LogP contribution in [0, 0.1) is 11.6 Å². The summed E-state index contributed by atoms with van der Waals surface area (Å²) in [5, 5.41) is 3.25. The standard InChI is InChI=1S/C16H18F2N2/c1-3-19-16(11(2)15-6-4-5-9-20-15)13-8-7-12(17)10-14(13)18/h4-11,16,19H,3H2,1-2H3. The van der Waals surface area contributed by atoms with Crippen LogP contribution < -0.4 is 5.32 Å². The molecule has 0 aliphatic heterocycles. The van der Waals surface area contributed by atoms with Gasteiger partial charge < -0.3 is 5.32 Å². The second-order valence-electron chi connectivity index (χ2n) is 4.74. The Morgan fingerprint density at radius 1 is 1.20 bits per heavy atom. The first-order valence-electron chi connectivity index (χ1n) is 6.72. The Balaban J connectivity index is 2.35. The highest BCUT2D eigenvalue weighted by Gasteiger charge is 2.23. The van der Waals surface area contributed by atoms with Crippen molar-refractivity contribution in [2.45, 2.75) is 25.8 Å². The van der Waals surface area contributed by atoms with E-state index in [-0.39, 0.29) is 12.0 Å². The number of nitrogens with zero attached hydrogens (tertiary/aromatic N) is 1. The van der Waals surface area contributed by atoms with Crippen LogP contribution in [0.5, 0.6) is 0 Å². The van der Waals surface area contributed by atoms with Crippen LogP contribution in [0.2, 0.25) is 0 Å². The summed E-state index contributed by atoms with van der Waals surface area (Å²) in [6.45, 7) is 4.64. The zero-order valence-electron chi connectivity index (χ0n) is 11.6. The molecule has 2 aromatic rings. The number of hydrogen-bond donors (Lipinski definition) is 1. The first-order valence-corrected chi connectivity index (χ1v) is 6.72. The molecule has 1 aromatic carbocycles. The van der Waals surface area contributed by atoms with Gasteiger partial charge in [-0.25, -0.2) is 8.78 Å². The van der Waals surface area contributed by atoms with Crippen molar-refractivity contribution in [2.24, 2.45) is 0 Å². The van der Waals surface area contributed by atoms with Crippen molar-refractivity contribution in [2.75, 3.05) is 6.54 Å². The summed E-state index contributed by atoms with van der Waals surface area (Å²) >= 11 is 0. The number of aromatic nitrogens is 1. The van der Waals surface area contributed by atoms with Crippen LogP contribution >= 0.6 is 0 Å². The number of pyridine rings is 1. The average molecular weight is 276 g/mol. The molecule has 0 saturated heterocycles. The van der Waals surface area contributed by atoms with Gasteiger partial charge in [0.05, 0.1) is 0 Å². The number of benzene rings is 1. The molecular weight excluding hydrogens is 258 g/mol. The fourth-order valence-electron chi connectivity index (χ4n) is 2.35. The Bertz CT molecular complexity index is 558. The van der Waals surface area contributed by atoms with Crippen LogP contribution in [-0.4, -0.2) is 11.5 Å². The molecule has 0 amide bonds. The molecule has 0 bridgehead atoms. The topological polar surface area (TPSA) is 24.9 Å². The fourth-order valence-corrected chi connectivity index (χ4v) is 2.35. The minimum atomic E-state index is -0.563. The molecular formula is C16H18F2N2. The van der Waals surface area contributed by atoms with Gasteiger partial charge in [0.25, 0.3) is 0 Å². The van der Waals surface area contributed by atoms with E-state index in [1.54, 1.807) is 6.20 Å². The van der Waals surface area contributed by atoms with E-state index >= 15 is 0 Å². The predicted octanol–water partition coefficient (Wildman–Crippen LogP) is 3.81. The number of halogens is 2. The maximum absolute atomic E-state index is 14.0. The highest BCUT2D eigenvalue weighted by molar-refractivity contribution is 5.26. The Morgan fingerprint density at radius 2 is 2.00 bits per heavy atom. The molecule has 4 heteroatoms. The summed E-state index contributed by atoms with van der Waals surface area (Å²) in [6, 6.07) is 9.13. The van der Waals surface area contributed by atoms with Gasteiger partial charge in [-0.1, -0.05) is 26.0 Å². The van der Waals surface area contributed by atoms with Crippen molar-refractivity contribution in [3.05, 3.63) is 65.5 Å². The molecule has 1 N–H and O–H groups in total. The van der Waals surface area contributed by atoms with E-state index in [0.29, 0.717) is 12.1 Å². The molecule has 2 rings (SSSR count). The van der Waals surface area contributed by atoms with E-state index in [9.17, 15) is 8.78 Å². The Morgan fingerprint density at radius 3 is 2.60 bits per heavy atom. The summed E-state index contributed by atoms with van der Waals surface area (Å²) in [4.78, 5) is 4.32. The molecule has 1 aromatic heterocycles. The lowest BCUT2D eigenvalue weighted by atomic mass is 9.91. The lowest BCUT2D eigenvalue weighted by Crippen LogP contribution is -2.27. The summed E-state index contributed by atoms with van der Waals surface area (Å²) in [5.74, 6) is -1.11. The van der Waals surface area contributed by atoms with Crippen LogP contribution in [0.4, 0.5) is 8.78 Å². The van der Waals surface area contributed by atoms with Gasteiger partial charge in [-0.05, 0) is 24.7 Å². The second-order valence-corrected chi connectivity index (χ2v) is 4.74. The third kappa shape index (κ3) is 3.20. The minimum absolute atomic E-state index is 0.0175. The minimum Gasteiger partial charge on any atom is -0.310 e. The van der Waals surface area contributed by atoms with Crippen LogP contribution in [0.3, 0.4) is 0 Å². The van der Waals surface area contributed by atoms with Crippen molar-refractivity contribution in [3.8, 4) is 0 Å². The lowest BCUT2D eigenvalue weighted by Gasteiger charge is -2.25. The quantitative estimate of drug-likeness (QED) is 0.898. The zero-order valence-corrected chi connectivity index (χ0v) is 11.6. The summed E-state index contributed by atoms with van der Waals surface area (Å²) in [5.41, 5.74) is 1.34. The zero-order chi connectivity index (χ0) is 14.5. The van der Waals surface area contributed by atoms with Crippen LogP contribution in [0.15, 0.2) is 42.6 Å². The smallest absolute Gasteiger partial charge is 0.130 e. The van der Waals surface area contributed by atoms with Crippen LogP contribution in [-0.2, 0) is 0 Å². The summed E-state index contributed by atoms with van der Waals surface area (Å²) < 4.78 is 27.0. The Labute approximate surface area is 117 Å². The average Bonchev–Trinajstić information content (AvgIpc) is 2.46. The van der Waals surface area contributed by atoms with Crippen LogP contribution in [0.25, 0.3) is 0 Å². The second kappa shape index (κ2) is 6.57. The molecule has 0 fully saturated rings.